The molecule has 1 aliphatic carbocycles. The number of ether oxygens (including phenoxy) is 2. The zero-order chi connectivity index (χ0) is 15.2. The molecule has 2 fully saturated rings. The van der Waals surface area contributed by atoms with Gasteiger partial charge in [0.05, 0.1) is 26.2 Å². The summed E-state index contributed by atoms with van der Waals surface area (Å²) in [5.74, 6) is -0.115. The largest absolute Gasteiger partial charge is 0.469 e. The fourth-order valence-electron chi connectivity index (χ4n) is 2.63. The van der Waals surface area contributed by atoms with Crippen LogP contribution < -0.4 is 0 Å². The van der Waals surface area contributed by atoms with Crippen molar-refractivity contribution in [2.45, 2.75) is 44.2 Å². The van der Waals surface area contributed by atoms with Crippen molar-refractivity contribution in [3.05, 3.63) is 0 Å². The van der Waals surface area contributed by atoms with Crippen LogP contribution in [0.15, 0.2) is 0 Å². The highest BCUT2D eigenvalue weighted by atomic mass is 16.5. The second-order valence-electron chi connectivity index (χ2n) is 5.93. The van der Waals surface area contributed by atoms with Gasteiger partial charge >= 0.3 is 5.97 Å². The Bertz CT molecular complexity index is 365. The highest BCUT2D eigenvalue weighted by Crippen LogP contribution is 2.25. The zero-order valence-corrected chi connectivity index (χ0v) is 13.0. The van der Waals surface area contributed by atoms with Crippen molar-refractivity contribution in [2.75, 3.05) is 40.4 Å². The van der Waals surface area contributed by atoms with Crippen molar-refractivity contribution in [2.24, 2.45) is 0 Å². The minimum atomic E-state index is -0.240. The molecule has 0 radical (unpaired) electrons. The Morgan fingerprint density at radius 3 is 2.62 bits per heavy atom. The van der Waals surface area contributed by atoms with Gasteiger partial charge in [0.1, 0.15) is 0 Å². The van der Waals surface area contributed by atoms with Gasteiger partial charge in [-0.15, -0.1) is 0 Å². The first kappa shape index (κ1) is 16.2. The van der Waals surface area contributed by atoms with Crippen molar-refractivity contribution in [1.29, 1.82) is 0 Å². The number of methoxy groups -OCH3 is 1. The molecule has 1 unspecified atom stereocenters. The van der Waals surface area contributed by atoms with Gasteiger partial charge in [-0.05, 0) is 25.7 Å². The second kappa shape index (κ2) is 7.75. The van der Waals surface area contributed by atoms with Crippen LogP contribution in [-0.4, -0.2) is 74.2 Å². The molecule has 0 aromatic carbocycles. The van der Waals surface area contributed by atoms with Crippen molar-refractivity contribution in [3.63, 3.8) is 0 Å². The first-order valence-corrected chi connectivity index (χ1v) is 7.76. The summed E-state index contributed by atoms with van der Waals surface area (Å²) in [5, 5.41) is 0. The molecule has 0 aromatic rings. The predicted octanol–water partition coefficient (Wildman–Crippen LogP) is 0.651. The molecule has 1 amide bonds. The molecule has 1 atom stereocenters. The number of rotatable bonds is 8. The molecule has 21 heavy (non-hydrogen) atoms. The molecule has 120 valence electrons. The van der Waals surface area contributed by atoms with Crippen LogP contribution in [0.2, 0.25) is 0 Å². The van der Waals surface area contributed by atoms with Gasteiger partial charge in [-0.1, -0.05) is 0 Å². The van der Waals surface area contributed by atoms with E-state index in [0.29, 0.717) is 32.1 Å². The number of hydrogen-bond acceptors (Lipinski definition) is 5. The van der Waals surface area contributed by atoms with E-state index in [1.807, 2.05) is 16.8 Å². The fraction of sp³-hybridized carbons (Fsp3) is 0.867. The summed E-state index contributed by atoms with van der Waals surface area (Å²) < 4.78 is 10.3. The number of esters is 1. The van der Waals surface area contributed by atoms with Gasteiger partial charge < -0.3 is 14.4 Å². The maximum atomic E-state index is 12.3. The molecule has 6 nitrogen and oxygen atoms in total. The minimum Gasteiger partial charge on any atom is -0.469 e. The van der Waals surface area contributed by atoms with E-state index in [9.17, 15) is 9.59 Å². The smallest absolute Gasteiger partial charge is 0.306 e. The molecule has 1 aliphatic heterocycles. The Labute approximate surface area is 126 Å². The van der Waals surface area contributed by atoms with Crippen LogP contribution in [0.1, 0.15) is 32.1 Å². The normalized spacial score (nSPS) is 21.6. The molecule has 6 heteroatoms. The highest BCUT2D eigenvalue weighted by Gasteiger charge is 2.30. The van der Waals surface area contributed by atoms with Gasteiger partial charge in [-0.2, -0.15) is 0 Å². The number of hydrogen-bond donors (Lipinski definition) is 0. The van der Waals surface area contributed by atoms with Crippen LogP contribution in [0.25, 0.3) is 0 Å². The van der Waals surface area contributed by atoms with Gasteiger partial charge in [0.2, 0.25) is 5.91 Å². The van der Waals surface area contributed by atoms with E-state index in [-0.39, 0.29) is 18.0 Å². The Balaban J connectivity index is 1.83. The number of amides is 1. The minimum absolute atomic E-state index is 0.125. The van der Waals surface area contributed by atoms with Crippen LogP contribution in [0.5, 0.6) is 0 Å². The first-order chi connectivity index (χ1) is 10.1. The fourth-order valence-corrected chi connectivity index (χ4v) is 2.63. The Morgan fingerprint density at radius 2 is 2.05 bits per heavy atom. The van der Waals surface area contributed by atoms with Crippen LogP contribution in [0.3, 0.4) is 0 Å². The summed E-state index contributed by atoms with van der Waals surface area (Å²) in [6.07, 6.45) is 4.81. The third kappa shape index (κ3) is 5.28. The molecule has 1 saturated heterocycles. The van der Waals surface area contributed by atoms with Crippen LogP contribution in [0, 0.1) is 0 Å². The molecule has 2 aliphatic rings. The lowest BCUT2D eigenvalue weighted by molar-refractivity contribution is -0.142. The van der Waals surface area contributed by atoms with E-state index in [4.69, 9.17) is 4.74 Å². The Kier molecular flexibility index (Phi) is 5.99. The monoisotopic (exact) mass is 298 g/mol. The average molecular weight is 298 g/mol. The molecule has 1 heterocycles. The average Bonchev–Trinajstić information content (AvgIpc) is 3.21. The Hall–Kier alpha value is -1.14. The summed E-state index contributed by atoms with van der Waals surface area (Å²) in [6, 6.07) is 0.419. The summed E-state index contributed by atoms with van der Waals surface area (Å²) in [4.78, 5) is 27.4. The van der Waals surface area contributed by atoms with E-state index < -0.39 is 0 Å². The molecular weight excluding hydrogens is 272 g/mol. The van der Waals surface area contributed by atoms with E-state index in [1.54, 1.807) is 0 Å². The van der Waals surface area contributed by atoms with E-state index in [1.165, 1.54) is 7.11 Å². The molecule has 0 N–H and O–H groups in total. The standard InChI is InChI=1S/C15H26N2O4/c1-16(12-5-6-12)14(18)11-17(8-7-15(19)20-2)10-13-4-3-9-21-13/h12-13H,3-11H2,1-2H3. The molecule has 0 aromatic heterocycles. The Morgan fingerprint density at radius 1 is 1.29 bits per heavy atom. The maximum absolute atomic E-state index is 12.3. The van der Waals surface area contributed by atoms with Gasteiger partial charge in [-0.3, -0.25) is 14.5 Å². The summed E-state index contributed by atoms with van der Waals surface area (Å²) in [7, 11) is 3.25. The first-order valence-electron chi connectivity index (χ1n) is 7.76. The third-order valence-electron chi connectivity index (χ3n) is 4.19. The summed E-state index contributed by atoms with van der Waals surface area (Å²) in [5.41, 5.74) is 0. The molecule has 0 spiro atoms. The lowest BCUT2D eigenvalue weighted by Crippen LogP contribution is -2.43. The molecular formula is C15H26N2O4. The molecule has 0 bridgehead atoms. The van der Waals surface area contributed by atoms with Crippen molar-refractivity contribution in [3.8, 4) is 0 Å². The highest BCUT2D eigenvalue weighted by molar-refractivity contribution is 5.78. The van der Waals surface area contributed by atoms with E-state index in [0.717, 1.165) is 32.3 Å². The summed E-state index contributed by atoms with van der Waals surface area (Å²) >= 11 is 0. The number of carbonyl (C=O) groups is 2. The van der Waals surface area contributed by atoms with Crippen molar-refractivity contribution < 1.29 is 19.1 Å². The van der Waals surface area contributed by atoms with Crippen LogP contribution >= 0.6 is 0 Å². The zero-order valence-electron chi connectivity index (χ0n) is 13.0. The van der Waals surface area contributed by atoms with E-state index >= 15 is 0 Å². The van der Waals surface area contributed by atoms with Gasteiger partial charge in [0, 0.05) is 32.8 Å². The van der Waals surface area contributed by atoms with Crippen molar-refractivity contribution in [1.82, 2.24) is 9.80 Å². The second-order valence-corrected chi connectivity index (χ2v) is 5.93. The predicted molar refractivity (Wildman–Crippen MR) is 77.8 cm³/mol. The summed E-state index contributed by atoms with van der Waals surface area (Å²) in [6.45, 7) is 2.40. The quantitative estimate of drug-likeness (QED) is 0.616. The molecule has 2 rings (SSSR count). The number of nitrogens with zero attached hydrogens (tertiary/aromatic N) is 2. The van der Waals surface area contributed by atoms with Gasteiger partial charge in [0.25, 0.3) is 0 Å². The van der Waals surface area contributed by atoms with Crippen LogP contribution in [-0.2, 0) is 19.1 Å². The molecule has 1 saturated carbocycles. The third-order valence-corrected chi connectivity index (χ3v) is 4.19. The topological polar surface area (TPSA) is 59.1 Å². The van der Waals surface area contributed by atoms with Crippen LogP contribution in [0.4, 0.5) is 0 Å². The maximum Gasteiger partial charge on any atom is 0.306 e. The SMILES string of the molecule is COC(=O)CCN(CC(=O)N(C)C1CC1)CC1CCCO1. The van der Waals surface area contributed by atoms with Gasteiger partial charge in [0.15, 0.2) is 0 Å². The number of carbonyl (C=O) groups excluding carboxylic acids is 2. The van der Waals surface area contributed by atoms with E-state index in [2.05, 4.69) is 4.74 Å². The lowest BCUT2D eigenvalue weighted by Gasteiger charge is -2.26. The van der Waals surface area contributed by atoms with Crippen molar-refractivity contribution >= 4 is 11.9 Å². The number of likely N-dealkylation sites (N-methyl/N-ethyl adjacent to an activating group) is 1. The van der Waals surface area contributed by atoms with Gasteiger partial charge in [-0.25, -0.2) is 0 Å². The lowest BCUT2D eigenvalue weighted by atomic mass is 10.2.